The van der Waals surface area contributed by atoms with Crippen molar-refractivity contribution in [3.8, 4) is 0 Å². The standard InChI is InChI=1S/C13H29O4P/c1-5-9-11-16-18(17-12-10-6-2)13(14-7-3)15-8-4/h13H,5-12H2,1-4H3. The van der Waals surface area contributed by atoms with E-state index in [0.717, 1.165) is 25.7 Å². The fourth-order valence-corrected chi connectivity index (χ4v) is 2.69. The molecule has 0 aromatic carbocycles. The van der Waals surface area contributed by atoms with Gasteiger partial charge in [-0.1, -0.05) is 26.7 Å². The molecule has 18 heavy (non-hydrogen) atoms. The van der Waals surface area contributed by atoms with Crippen LogP contribution in [0.15, 0.2) is 0 Å². The van der Waals surface area contributed by atoms with E-state index in [1.807, 2.05) is 13.8 Å². The topological polar surface area (TPSA) is 36.9 Å². The molecule has 110 valence electrons. The van der Waals surface area contributed by atoms with Crippen molar-refractivity contribution >= 4 is 8.38 Å². The Morgan fingerprint density at radius 3 is 1.56 bits per heavy atom. The van der Waals surface area contributed by atoms with Crippen LogP contribution < -0.4 is 0 Å². The lowest BCUT2D eigenvalue weighted by Gasteiger charge is -2.25. The smallest absolute Gasteiger partial charge is 0.231 e. The molecule has 0 spiro atoms. The van der Waals surface area contributed by atoms with Crippen LogP contribution in [-0.4, -0.2) is 32.5 Å². The maximum Gasteiger partial charge on any atom is 0.231 e. The van der Waals surface area contributed by atoms with Gasteiger partial charge in [-0.15, -0.1) is 0 Å². The van der Waals surface area contributed by atoms with Crippen molar-refractivity contribution in [3.63, 3.8) is 0 Å². The predicted molar refractivity (Wildman–Crippen MR) is 75.7 cm³/mol. The highest BCUT2D eigenvalue weighted by Crippen LogP contribution is 2.45. The van der Waals surface area contributed by atoms with Crippen LogP contribution in [0.3, 0.4) is 0 Å². The van der Waals surface area contributed by atoms with Gasteiger partial charge in [0.15, 0.2) is 0 Å². The van der Waals surface area contributed by atoms with Gasteiger partial charge in [0.05, 0.1) is 13.2 Å². The van der Waals surface area contributed by atoms with Gasteiger partial charge in [-0.3, -0.25) is 0 Å². The van der Waals surface area contributed by atoms with Crippen LogP contribution >= 0.6 is 8.38 Å². The SMILES string of the molecule is CCCCOP(OCCCC)C(OCC)OCC. The third kappa shape index (κ3) is 9.23. The van der Waals surface area contributed by atoms with Gasteiger partial charge in [0.25, 0.3) is 0 Å². The molecule has 0 aliphatic carbocycles. The summed E-state index contributed by atoms with van der Waals surface area (Å²) in [5.74, 6) is 0. The molecule has 0 fully saturated rings. The van der Waals surface area contributed by atoms with Crippen LogP contribution in [0, 0.1) is 0 Å². The van der Waals surface area contributed by atoms with Crippen LogP contribution in [0.25, 0.3) is 0 Å². The Morgan fingerprint density at radius 2 is 1.22 bits per heavy atom. The summed E-state index contributed by atoms with van der Waals surface area (Å²) in [6.45, 7) is 10.8. The van der Waals surface area contributed by atoms with Crippen molar-refractivity contribution in [2.24, 2.45) is 0 Å². The average molecular weight is 280 g/mol. The molecule has 4 nitrogen and oxygen atoms in total. The fourth-order valence-electron chi connectivity index (χ4n) is 1.21. The summed E-state index contributed by atoms with van der Waals surface area (Å²) in [5, 5.41) is 0. The Labute approximate surface area is 113 Å². The summed E-state index contributed by atoms with van der Waals surface area (Å²) in [6, 6.07) is -0.358. The largest absolute Gasteiger partial charge is 0.345 e. The first kappa shape index (κ1) is 18.3. The van der Waals surface area contributed by atoms with E-state index in [2.05, 4.69) is 13.8 Å². The normalized spacial score (nSPS) is 11.7. The van der Waals surface area contributed by atoms with Crippen LogP contribution in [0.2, 0.25) is 0 Å². The Morgan fingerprint density at radius 1 is 0.778 bits per heavy atom. The van der Waals surface area contributed by atoms with Crippen molar-refractivity contribution in [2.45, 2.75) is 59.4 Å². The van der Waals surface area contributed by atoms with E-state index >= 15 is 0 Å². The van der Waals surface area contributed by atoms with E-state index in [1.165, 1.54) is 0 Å². The van der Waals surface area contributed by atoms with Crippen molar-refractivity contribution in [1.82, 2.24) is 0 Å². The molecule has 0 unspecified atom stereocenters. The minimum atomic E-state index is -1.10. The lowest BCUT2D eigenvalue weighted by Crippen LogP contribution is -2.18. The lowest BCUT2D eigenvalue weighted by molar-refractivity contribution is -0.0915. The molecular weight excluding hydrogens is 251 g/mol. The number of ether oxygens (including phenoxy) is 2. The van der Waals surface area contributed by atoms with Gasteiger partial charge in [0.2, 0.25) is 14.4 Å². The van der Waals surface area contributed by atoms with Crippen molar-refractivity contribution < 1.29 is 18.5 Å². The second-order valence-electron chi connectivity index (χ2n) is 3.88. The van der Waals surface area contributed by atoms with E-state index in [-0.39, 0.29) is 6.03 Å². The molecule has 0 aliphatic heterocycles. The van der Waals surface area contributed by atoms with Gasteiger partial charge in [-0.25, -0.2) is 0 Å². The quantitative estimate of drug-likeness (QED) is 0.286. The van der Waals surface area contributed by atoms with Gasteiger partial charge in [-0.05, 0) is 26.7 Å². The highest BCUT2D eigenvalue weighted by Gasteiger charge is 2.25. The lowest BCUT2D eigenvalue weighted by atomic mass is 10.4. The highest BCUT2D eigenvalue weighted by atomic mass is 31.2. The van der Waals surface area contributed by atoms with Crippen molar-refractivity contribution in [1.29, 1.82) is 0 Å². The average Bonchev–Trinajstić information content (AvgIpc) is 2.37. The van der Waals surface area contributed by atoms with Crippen molar-refractivity contribution in [3.05, 3.63) is 0 Å². The molecule has 0 aliphatic rings. The molecule has 0 atom stereocenters. The zero-order valence-corrected chi connectivity index (χ0v) is 13.2. The summed E-state index contributed by atoms with van der Waals surface area (Å²) in [7, 11) is -1.10. The molecule has 0 N–H and O–H groups in total. The molecular formula is C13H29O4P. The molecule has 0 heterocycles. The summed E-state index contributed by atoms with van der Waals surface area (Å²) < 4.78 is 22.7. The highest BCUT2D eigenvalue weighted by molar-refractivity contribution is 7.47. The Kier molecular flexibility index (Phi) is 13.9. The zero-order valence-electron chi connectivity index (χ0n) is 12.3. The van der Waals surface area contributed by atoms with Gasteiger partial charge in [0.1, 0.15) is 0 Å². The fraction of sp³-hybridized carbons (Fsp3) is 1.00. The molecule has 0 aromatic heterocycles. The van der Waals surface area contributed by atoms with Gasteiger partial charge < -0.3 is 18.5 Å². The Hall–Kier alpha value is 0.270. The summed E-state index contributed by atoms with van der Waals surface area (Å²) in [6.07, 6.45) is 4.32. The summed E-state index contributed by atoms with van der Waals surface area (Å²) in [5.41, 5.74) is 0. The minimum Gasteiger partial charge on any atom is -0.345 e. The van der Waals surface area contributed by atoms with E-state index in [1.54, 1.807) is 0 Å². The molecule has 0 bridgehead atoms. The molecule has 0 aromatic rings. The van der Waals surface area contributed by atoms with Gasteiger partial charge >= 0.3 is 0 Å². The second kappa shape index (κ2) is 13.7. The third-order valence-electron chi connectivity index (χ3n) is 2.22. The van der Waals surface area contributed by atoms with Gasteiger partial charge in [-0.2, -0.15) is 0 Å². The minimum absolute atomic E-state index is 0.358. The first-order valence-electron chi connectivity index (χ1n) is 7.08. The number of rotatable bonds is 13. The Bertz CT molecular complexity index is 153. The summed E-state index contributed by atoms with van der Waals surface area (Å²) in [4.78, 5) is 0. The van der Waals surface area contributed by atoms with Crippen LogP contribution in [0.4, 0.5) is 0 Å². The Balaban J connectivity index is 4.18. The van der Waals surface area contributed by atoms with E-state index in [4.69, 9.17) is 18.5 Å². The third-order valence-corrected chi connectivity index (χ3v) is 3.74. The maximum atomic E-state index is 5.79. The maximum absolute atomic E-state index is 5.79. The van der Waals surface area contributed by atoms with E-state index in [9.17, 15) is 0 Å². The first-order valence-corrected chi connectivity index (χ1v) is 8.32. The van der Waals surface area contributed by atoms with E-state index < -0.39 is 8.38 Å². The molecule has 0 rings (SSSR count). The van der Waals surface area contributed by atoms with E-state index in [0.29, 0.717) is 26.4 Å². The van der Waals surface area contributed by atoms with Crippen LogP contribution in [0.5, 0.6) is 0 Å². The molecule has 0 amide bonds. The number of hydrogen-bond acceptors (Lipinski definition) is 4. The van der Waals surface area contributed by atoms with Crippen LogP contribution in [0.1, 0.15) is 53.4 Å². The number of unbranched alkanes of at least 4 members (excludes halogenated alkanes) is 2. The second-order valence-corrected chi connectivity index (χ2v) is 5.39. The summed E-state index contributed by atoms with van der Waals surface area (Å²) >= 11 is 0. The van der Waals surface area contributed by atoms with Gasteiger partial charge in [0, 0.05) is 13.2 Å². The molecule has 0 saturated heterocycles. The molecule has 0 saturated carbocycles. The monoisotopic (exact) mass is 280 g/mol. The zero-order chi connectivity index (χ0) is 13.6. The first-order chi connectivity index (χ1) is 8.79. The predicted octanol–water partition coefficient (Wildman–Crippen LogP) is 4.29. The molecule has 5 heteroatoms. The molecule has 0 radical (unpaired) electrons. The van der Waals surface area contributed by atoms with Crippen molar-refractivity contribution in [2.75, 3.05) is 26.4 Å². The number of hydrogen-bond donors (Lipinski definition) is 0. The van der Waals surface area contributed by atoms with Crippen LogP contribution in [-0.2, 0) is 18.5 Å².